The normalized spacial score (nSPS) is 6.18. The van der Waals surface area contributed by atoms with Crippen LogP contribution in [0.1, 0.15) is 0 Å². The first kappa shape index (κ1) is 16.8. The Labute approximate surface area is 90.3 Å². The van der Waals surface area contributed by atoms with E-state index in [1.165, 1.54) is 0 Å². The second-order valence-corrected chi connectivity index (χ2v) is 0.825. The smallest absolute Gasteiger partial charge is 0.652 e. The Morgan fingerprint density at radius 2 is 0.818 bits per heavy atom. The molecule has 58 valence electrons. The first-order valence-electron chi connectivity index (χ1n) is 1.68. The van der Waals surface area contributed by atoms with Gasteiger partial charge >= 0.3 is 37.7 Å². The summed E-state index contributed by atoms with van der Waals surface area (Å²) >= 11 is 0. The van der Waals surface area contributed by atoms with Gasteiger partial charge in [0.2, 0.25) is 0 Å². The van der Waals surface area contributed by atoms with E-state index in [1.54, 1.807) is 0 Å². The number of hydrogen-bond donors (Lipinski definition) is 0. The third-order valence-electron chi connectivity index (χ3n) is 0.167. The van der Waals surface area contributed by atoms with Gasteiger partial charge in [0.1, 0.15) is 0 Å². The van der Waals surface area contributed by atoms with Crippen LogP contribution in [0.3, 0.4) is 0 Å². The molecule has 0 aliphatic carbocycles. The maximum Gasteiger partial charge on any atom is 2.00 e. The summed E-state index contributed by atoms with van der Waals surface area (Å²) in [4.78, 5) is 26.2. The molecular formula is C3CaO7-2. The molecule has 0 aromatic carbocycles. The Morgan fingerprint density at radius 1 is 0.727 bits per heavy atom. The van der Waals surface area contributed by atoms with Gasteiger partial charge in [-0.25, -0.2) is 0 Å². The van der Waals surface area contributed by atoms with Gasteiger partial charge in [-0.15, -0.1) is 0 Å². The van der Waals surface area contributed by atoms with Gasteiger partial charge in [0.25, 0.3) is 0 Å². The van der Waals surface area contributed by atoms with Crippen LogP contribution in [0.4, 0.5) is 4.79 Å². The number of carboxylic acids is 2. The van der Waals surface area contributed by atoms with Crippen molar-refractivity contribution >= 4 is 55.8 Å². The summed E-state index contributed by atoms with van der Waals surface area (Å²) in [5.74, 6) is -4.37. The fourth-order valence-electron chi connectivity index (χ4n) is 0. The monoisotopic (exact) mass is 188 g/mol. The van der Waals surface area contributed by atoms with Crippen molar-refractivity contribution in [1.82, 2.24) is 0 Å². The summed E-state index contributed by atoms with van der Waals surface area (Å²) in [5, 5.41) is 34.5. The van der Waals surface area contributed by atoms with E-state index in [9.17, 15) is 0 Å². The van der Waals surface area contributed by atoms with Crippen LogP contribution >= 0.6 is 0 Å². The van der Waals surface area contributed by atoms with Crippen LogP contribution in [0, 0.1) is 0 Å². The van der Waals surface area contributed by atoms with E-state index in [0.29, 0.717) is 0 Å². The zero-order chi connectivity index (χ0) is 8.73. The maximum absolute atomic E-state index is 8.93. The standard InChI is InChI=1S/C2H2O4.CH2O3.Ca/c3-1(4)2(5)6;2-1(3)4;/h(H,3,4)(H,5,6);(H2,2,3,4);/q;;+2/p-4. The molecule has 0 aromatic rings. The molecule has 0 saturated heterocycles. The molecule has 0 bridgehead atoms. The predicted molar refractivity (Wildman–Crippen MR) is 21.2 cm³/mol. The number of carbonyl (C=O) groups excluding carboxylic acids is 3. The molecule has 0 fully saturated rings. The van der Waals surface area contributed by atoms with Gasteiger partial charge in [0.05, 0.1) is 11.9 Å². The molecule has 0 unspecified atom stereocenters. The van der Waals surface area contributed by atoms with Crippen molar-refractivity contribution in [2.75, 3.05) is 0 Å². The van der Waals surface area contributed by atoms with E-state index in [2.05, 4.69) is 0 Å². The fourth-order valence-corrected chi connectivity index (χ4v) is 0. The summed E-state index contributed by atoms with van der Waals surface area (Å²) in [6, 6.07) is 0. The summed E-state index contributed by atoms with van der Waals surface area (Å²) in [6.45, 7) is 0. The number of aliphatic carboxylic acids is 2. The summed E-state index contributed by atoms with van der Waals surface area (Å²) in [6.07, 6.45) is -2.33. The van der Waals surface area contributed by atoms with Gasteiger partial charge in [-0.05, 0) is 6.16 Å². The molecule has 0 amide bonds. The third-order valence-corrected chi connectivity index (χ3v) is 0.167. The Bertz CT molecular complexity index is 136. The zero-order valence-corrected chi connectivity index (χ0v) is 7.27. The minimum absolute atomic E-state index is 0. The second kappa shape index (κ2) is 9.47. The largest absolute Gasteiger partial charge is 2.00 e. The van der Waals surface area contributed by atoms with Gasteiger partial charge in [0.15, 0.2) is 0 Å². The average Bonchev–Trinajstić information content (AvgIpc) is 1.63. The van der Waals surface area contributed by atoms with Gasteiger partial charge in [-0.3, -0.25) is 0 Å². The molecule has 0 aromatic heterocycles. The zero-order valence-electron chi connectivity index (χ0n) is 5.06. The molecule has 0 saturated carbocycles. The van der Waals surface area contributed by atoms with Crippen molar-refractivity contribution in [2.24, 2.45) is 0 Å². The molecule has 0 aliphatic heterocycles. The predicted octanol–water partition coefficient (Wildman–Crippen LogP) is -6.34. The van der Waals surface area contributed by atoms with Crippen LogP contribution in [-0.2, 0) is 9.59 Å². The van der Waals surface area contributed by atoms with Crippen molar-refractivity contribution < 1.29 is 34.8 Å². The Kier molecular flexibility index (Phi) is 14.5. The van der Waals surface area contributed by atoms with Gasteiger partial charge in [-0.2, -0.15) is 0 Å². The van der Waals surface area contributed by atoms with Crippen molar-refractivity contribution in [1.29, 1.82) is 0 Å². The molecule has 0 radical (unpaired) electrons. The van der Waals surface area contributed by atoms with Crippen LogP contribution < -0.4 is 20.4 Å². The SMILES string of the molecule is O=C([O-])C(=O)[O-].O=C([O-])[O-].[Ca+2]. The molecule has 11 heavy (non-hydrogen) atoms. The Hall–Kier alpha value is -0.530. The van der Waals surface area contributed by atoms with Crippen molar-refractivity contribution in [3.05, 3.63) is 0 Å². The topological polar surface area (TPSA) is 143 Å². The number of hydrogen-bond acceptors (Lipinski definition) is 7. The van der Waals surface area contributed by atoms with Crippen LogP contribution in [0.2, 0.25) is 0 Å². The van der Waals surface area contributed by atoms with E-state index in [0.717, 1.165) is 0 Å². The van der Waals surface area contributed by atoms with Gasteiger partial charge in [0, 0.05) is 0 Å². The summed E-state index contributed by atoms with van der Waals surface area (Å²) in [7, 11) is 0. The number of carboxylic acid groups (broad SMARTS) is 4. The summed E-state index contributed by atoms with van der Waals surface area (Å²) < 4.78 is 0. The molecule has 0 heterocycles. The summed E-state index contributed by atoms with van der Waals surface area (Å²) in [5.41, 5.74) is 0. The molecule has 0 atom stereocenters. The second-order valence-electron chi connectivity index (χ2n) is 0.825. The Morgan fingerprint density at radius 3 is 0.818 bits per heavy atom. The Balaban J connectivity index is -0.000000114. The molecule has 0 aliphatic rings. The van der Waals surface area contributed by atoms with E-state index in [4.69, 9.17) is 34.8 Å². The number of carbonyl (C=O) groups is 3. The van der Waals surface area contributed by atoms with Crippen LogP contribution in [0.15, 0.2) is 0 Å². The molecule has 7 nitrogen and oxygen atoms in total. The molecule has 0 N–H and O–H groups in total. The van der Waals surface area contributed by atoms with E-state index >= 15 is 0 Å². The van der Waals surface area contributed by atoms with Crippen molar-refractivity contribution in [3.63, 3.8) is 0 Å². The number of rotatable bonds is 0. The molecular weight excluding hydrogens is 188 g/mol. The van der Waals surface area contributed by atoms with Crippen LogP contribution in [-0.4, -0.2) is 55.8 Å². The van der Waals surface area contributed by atoms with Gasteiger partial charge < -0.3 is 34.8 Å². The van der Waals surface area contributed by atoms with Crippen LogP contribution in [0.25, 0.3) is 0 Å². The molecule has 0 rings (SSSR count). The third kappa shape index (κ3) is 43.9. The van der Waals surface area contributed by atoms with Gasteiger partial charge in [-0.1, -0.05) is 0 Å². The van der Waals surface area contributed by atoms with Crippen LogP contribution in [0.5, 0.6) is 0 Å². The average molecular weight is 188 g/mol. The quantitative estimate of drug-likeness (QED) is 0.271. The van der Waals surface area contributed by atoms with E-state index in [-0.39, 0.29) is 37.7 Å². The van der Waals surface area contributed by atoms with Crippen molar-refractivity contribution in [3.8, 4) is 0 Å². The van der Waals surface area contributed by atoms with E-state index in [1.807, 2.05) is 0 Å². The first-order chi connectivity index (χ1) is 4.37. The van der Waals surface area contributed by atoms with E-state index < -0.39 is 18.1 Å². The van der Waals surface area contributed by atoms with Crippen molar-refractivity contribution in [2.45, 2.75) is 0 Å². The fraction of sp³-hybridized carbons (Fsp3) is 0. The molecule has 0 spiro atoms. The molecule has 8 heteroatoms. The minimum Gasteiger partial charge on any atom is -0.652 e. The minimum atomic E-state index is -2.33. The first-order valence-corrected chi connectivity index (χ1v) is 1.68. The maximum atomic E-state index is 8.93.